The van der Waals surface area contributed by atoms with Gasteiger partial charge in [-0.1, -0.05) is 49.4 Å². The number of benzene rings is 2. The van der Waals surface area contributed by atoms with E-state index in [0.29, 0.717) is 13.2 Å². The Hall–Kier alpha value is -3.08. The van der Waals surface area contributed by atoms with Crippen LogP contribution in [-0.2, 0) is 20.9 Å². The highest BCUT2D eigenvalue weighted by atomic mass is 16.5. The quantitative estimate of drug-likeness (QED) is 0.542. The van der Waals surface area contributed by atoms with Gasteiger partial charge in [0, 0.05) is 12.6 Å². The van der Waals surface area contributed by atoms with Crippen molar-refractivity contribution in [3.8, 4) is 5.75 Å². The average molecular weight is 367 g/mol. The molecule has 0 aliphatic rings. The third-order valence-electron chi connectivity index (χ3n) is 3.75. The standard InChI is InChI=1S/C22H25NO4/c1-3-15-23-22(25)17(2)27-21(24)14-11-18-9-12-20(13-10-18)26-16-19-7-5-4-6-8-19/h4-14,17H,3,15-16H2,1-2H3,(H,23,25)/b14-11+. The van der Waals surface area contributed by atoms with Crippen LogP contribution in [0, 0.1) is 0 Å². The molecule has 5 heteroatoms. The van der Waals surface area contributed by atoms with E-state index in [4.69, 9.17) is 9.47 Å². The third-order valence-corrected chi connectivity index (χ3v) is 3.75. The lowest BCUT2D eigenvalue weighted by molar-refractivity contribution is -0.150. The molecule has 5 nitrogen and oxygen atoms in total. The van der Waals surface area contributed by atoms with E-state index in [-0.39, 0.29) is 5.91 Å². The Morgan fingerprint density at radius 3 is 2.44 bits per heavy atom. The SMILES string of the molecule is CCCNC(=O)C(C)OC(=O)/C=C/c1ccc(OCc2ccccc2)cc1. The van der Waals surface area contributed by atoms with Crippen molar-refractivity contribution in [2.45, 2.75) is 33.0 Å². The Kier molecular flexibility index (Phi) is 8.10. The van der Waals surface area contributed by atoms with Gasteiger partial charge in [0.15, 0.2) is 6.10 Å². The second-order valence-electron chi connectivity index (χ2n) is 6.05. The summed E-state index contributed by atoms with van der Waals surface area (Å²) in [4.78, 5) is 23.5. The van der Waals surface area contributed by atoms with Crippen molar-refractivity contribution in [1.82, 2.24) is 5.32 Å². The molecule has 0 bridgehead atoms. The highest BCUT2D eigenvalue weighted by Crippen LogP contribution is 2.15. The molecule has 2 aromatic rings. The molecular weight excluding hydrogens is 342 g/mol. The summed E-state index contributed by atoms with van der Waals surface area (Å²) < 4.78 is 10.8. The molecule has 1 amide bonds. The van der Waals surface area contributed by atoms with Crippen LogP contribution in [-0.4, -0.2) is 24.5 Å². The second kappa shape index (κ2) is 10.8. The van der Waals surface area contributed by atoms with Gasteiger partial charge in [-0.15, -0.1) is 0 Å². The van der Waals surface area contributed by atoms with E-state index < -0.39 is 12.1 Å². The highest BCUT2D eigenvalue weighted by molar-refractivity contribution is 5.90. The molecule has 1 N–H and O–H groups in total. The van der Waals surface area contributed by atoms with Crippen molar-refractivity contribution in [2.24, 2.45) is 0 Å². The molecular formula is C22H25NO4. The van der Waals surface area contributed by atoms with Gasteiger partial charge in [0.25, 0.3) is 5.91 Å². The lowest BCUT2D eigenvalue weighted by Gasteiger charge is -2.11. The van der Waals surface area contributed by atoms with Crippen LogP contribution in [0.15, 0.2) is 60.7 Å². The van der Waals surface area contributed by atoms with Crippen LogP contribution < -0.4 is 10.1 Å². The fourth-order valence-electron chi connectivity index (χ4n) is 2.24. The molecule has 0 fully saturated rings. The van der Waals surface area contributed by atoms with Gasteiger partial charge in [-0.25, -0.2) is 4.79 Å². The number of carbonyl (C=O) groups excluding carboxylic acids is 2. The molecule has 142 valence electrons. The average Bonchev–Trinajstić information content (AvgIpc) is 2.70. The fraction of sp³-hybridized carbons (Fsp3) is 0.273. The summed E-state index contributed by atoms with van der Waals surface area (Å²) >= 11 is 0. The zero-order valence-corrected chi connectivity index (χ0v) is 15.7. The van der Waals surface area contributed by atoms with E-state index in [9.17, 15) is 9.59 Å². The van der Waals surface area contributed by atoms with E-state index in [0.717, 1.165) is 23.3 Å². The van der Waals surface area contributed by atoms with Gasteiger partial charge in [0.2, 0.25) is 0 Å². The van der Waals surface area contributed by atoms with Crippen LogP contribution in [0.1, 0.15) is 31.4 Å². The number of ether oxygens (including phenoxy) is 2. The van der Waals surface area contributed by atoms with Crippen molar-refractivity contribution in [3.05, 3.63) is 71.8 Å². The van der Waals surface area contributed by atoms with Crippen LogP contribution in [0.25, 0.3) is 6.08 Å². The van der Waals surface area contributed by atoms with Gasteiger partial charge in [-0.3, -0.25) is 4.79 Å². The van der Waals surface area contributed by atoms with Gasteiger partial charge < -0.3 is 14.8 Å². The van der Waals surface area contributed by atoms with Crippen LogP contribution in [0.2, 0.25) is 0 Å². The molecule has 1 atom stereocenters. The van der Waals surface area contributed by atoms with Crippen molar-refractivity contribution >= 4 is 18.0 Å². The van der Waals surface area contributed by atoms with Gasteiger partial charge in [0.05, 0.1) is 0 Å². The zero-order valence-electron chi connectivity index (χ0n) is 15.7. The summed E-state index contributed by atoms with van der Waals surface area (Å²) in [5, 5.41) is 2.69. The van der Waals surface area contributed by atoms with E-state index in [1.54, 1.807) is 13.0 Å². The summed E-state index contributed by atoms with van der Waals surface area (Å²) in [6.07, 6.45) is 2.96. The first kappa shape index (κ1) is 20.2. The van der Waals surface area contributed by atoms with E-state index in [2.05, 4.69) is 5.32 Å². The Balaban J connectivity index is 1.80. The molecule has 0 aliphatic carbocycles. The summed E-state index contributed by atoms with van der Waals surface area (Å²) in [7, 11) is 0. The largest absolute Gasteiger partial charge is 0.489 e. The van der Waals surface area contributed by atoms with E-state index in [1.165, 1.54) is 6.08 Å². The van der Waals surface area contributed by atoms with Crippen LogP contribution >= 0.6 is 0 Å². The number of carbonyl (C=O) groups is 2. The molecule has 1 unspecified atom stereocenters. The Bertz CT molecular complexity index is 754. The fourth-order valence-corrected chi connectivity index (χ4v) is 2.24. The molecule has 0 saturated heterocycles. The van der Waals surface area contributed by atoms with Crippen LogP contribution in [0.5, 0.6) is 5.75 Å². The van der Waals surface area contributed by atoms with Crippen molar-refractivity contribution in [1.29, 1.82) is 0 Å². The molecule has 2 aromatic carbocycles. The van der Waals surface area contributed by atoms with E-state index in [1.807, 2.05) is 61.5 Å². The monoisotopic (exact) mass is 367 g/mol. The van der Waals surface area contributed by atoms with Gasteiger partial charge in [-0.05, 0) is 42.7 Å². The number of hydrogen-bond donors (Lipinski definition) is 1. The molecule has 2 rings (SSSR count). The summed E-state index contributed by atoms with van der Waals surface area (Å²) in [6, 6.07) is 17.3. The molecule has 0 aromatic heterocycles. The van der Waals surface area contributed by atoms with Crippen molar-refractivity contribution in [2.75, 3.05) is 6.54 Å². The first-order chi connectivity index (χ1) is 13.1. The summed E-state index contributed by atoms with van der Waals surface area (Å²) in [5.74, 6) is -0.100. The number of nitrogens with one attached hydrogen (secondary N) is 1. The Labute approximate surface area is 160 Å². The zero-order chi connectivity index (χ0) is 19.5. The summed E-state index contributed by atoms with van der Waals surface area (Å²) in [6.45, 7) is 4.57. The second-order valence-corrected chi connectivity index (χ2v) is 6.05. The Morgan fingerprint density at radius 1 is 1.07 bits per heavy atom. The van der Waals surface area contributed by atoms with Gasteiger partial charge in [-0.2, -0.15) is 0 Å². The number of amides is 1. The highest BCUT2D eigenvalue weighted by Gasteiger charge is 2.15. The first-order valence-electron chi connectivity index (χ1n) is 9.01. The van der Waals surface area contributed by atoms with Crippen LogP contribution in [0.3, 0.4) is 0 Å². The molecule has 0 aliphatic heterocycles. The lowest BCUT2D eigenvalue weighted by atomic mass is 10.2. The van der Waals surface area contributed by atoms with Gasteiger partial charge >= 0.3 is 5.97 Å². The molecule has 0 radical (unpaired) electrons. The maximum Gasteiger partial charge on any atom is 0.331 e. The maximum atomic E-state index is 11.8. The maximum absolute atomic E-state index is 11.8. The predicted molar refractivity (Wildman–Crippen MR) is 105 cm³/mol. The normalized spacial score (nSPS) is 11.8. The first-order valence-corrected chi connectivity index (χ1v) is 9.01. The van der Waals surface area contributed by atoms with Crippen molar-refractivity contribution in [3.63, 3.8) is 0 Å². The van der Waals surface area contributed by atoms with Crippen molar-refractivity contribution < 1.29 is 19.1 Å². The minimum atomic E-state index is -0.817. The molecule has 27 heavy (non-hydrogen) atoms. The number of esters is 1. The topological polar surface area (TPSA) is 64.6 Å². The van der Waals surface area contributed by atoms with E-state index >= 15 is 0 Å². The molecule has 0 saturated carbocycles. The lowest BCUT2D eigenvalue weighted by Crippen LogP contribution is -2.35. The minimum Gasteiger partial charge on any atom is -0.489 e. The summed E-state index contributed by atoms with van der Waals surface area (Å²) in [5.41, 5.74) is 1.93. The minimum absolute atomic E-state index is 0.293. The predicted octanol–water partition coefficient (Wildman–Crippen LogP) is 3.74. The smallest absolute Gasteiger partial charge is 0.331 e. The molecule has 0 spiro atoms. The third kappa shape index (κ3) is 7.36. The number of rotatable bonds is 9. The van der Waals surface area contributed by atoms with Gasteiger partial charge in [0.1, 0.15) is 12.4 Å². The molecule has 0 heterocycles. The number of hydrogen-bond acceptors (Lipinski definition) is 4. The van der Waals surface area contributed by atoms with Crippen LogP contribution in [0.4, 0.5) is 0 Å². The Morgan fingerprint density at radius 2 is 1.78 bits per heavy atom.